The lowest BCUT2D eigenvalue weighted by atomic mass is 9.72. The van der Waals surface area contributed by atoms with Gasteiger partial charge in [0.05, 0.1) is 22.9 Å². The van der Waals surface area contributed by atoms with E-state index in [0.29, 0.717) is 31.2 Å². The highest BCUT2D eigenvalue weighted by Crippen LogP contribution is 2.38. The van der Waals surface area contributed by atoms with Crippen LogP contribution >= 0.6 is 0 Å². The monoisotopic (exact) mass is 521 g/mol. The van der Waals surface area contributed by atoms with Crippen LogP contribution in [-0.4, -0.2) is 72.0 Å². The summed E-state index contributed by atoms with van der Waals surface area (Å²) in [5.74, 6) is 0.140. The zero-order valence-corrected chi connectivity index (χ0v) is 22.7. The molecule has 2 aliphatic rings. The molecule has 5 atom stereocenters. The number of carbonyl (C=O) groups excluding carboxylic acids is 2. The molecule has 202 valence electrons. The summed E-state index contributed by atoms with van der Waals surface area (Å²) in [5.41, 5.74) is 6.71. The third kappa shape index (κ3) is 7.07. The van der Waals surface area contributed by atoms with Gasteiger partial charge >= 0.3 is 0 Å². The van der Waals surface area contributed by atoms with Crippen LogP contribution in [0, 0.1) is 11.8 Å². The van der Waals surface area contributed by atoms with Crippen LogP contribution in [0.5, 0.6) is 0 Å². The minimum Gasteiger partial charge on any atom is -0.390 e. The number of rotatable bonds is 11. The molecule has 3 rings (SSSR count). The summed E-state index contributed by atoms with van der Waals surface area (Å²) in [7, 11) is -3.44. The molecule has 1 heterocycles. The molecule has 1 aliphatic heterocycles. The van der Waals surface area contributed by atoms with Crippen molar-refractivity contribution in [3.63, 3.8) is 0 Å². The summed E-state index contributed by atoms with van der Waals surface area (Å²) in [6.07, 6.45) is 4.55. The van der Waals surface area contributed by atoms with Crippen molar-refractivity contribution in [2.75, 3.05) is 18.8 Å². The summed E-state index contributed by atoms with van der Waals surface area (Å²) in [6, 6.07) is 8.48. The van der Waals surface area contributed by atoms with Gasteiger partial charge in [-0.2, -0.15) is 0 Å². The summed E-state index contributed by atoms with van der Waals surface area (Å²) in [6.45, 7) is 5.61. The summed E-state index contributed by atoms with van der Waals surface area (Å²) >= 11 is 0. The highest BCUT2D eigenvalue weighted by molar-refractivity contribution is 7.92. The van der Waals surface area contributed by atoms with Gasteiger partial charge in [-0.25, -0.2) is 8.42 Å². The lowest BCUT2D eigenvalue weighted by Crippen LogP contribution is -2.58. The Morgan fingerprint density at radius 1 is 1.17 bits per heavy atom. The van der Waals surface area contributed by atoms with Gasteiger partial charge in [0.15, 0.2) is 9.84 Å². The first-order valence-corrected chi connectivity index (χ1v) is 14.9. The third-order valence-electron chi connectivity index (χ3n) is 8.17. The molecule has 0 spiro atoms. The first-order chi connectivity index (χ1) is 16.9. The second kappa shape index (κ2) is 12.0. The van der Waals surface area contributed by atoms with E-state index in [9.17, 15) is 23.1 Å². The Kier molecular flexibility index (Phi) is 9.57. The Hall–Kier alpha value is -1.97. The fourth-order valence-corrected chi connectivity index (χ4v) is 6.99. The number of fused-ring (bicyclic) bond motifs is 1. The molecule has 0 aromatic heterocycles. The van der Waals surface area contributed by atoms with Gasteiger partial charge < -0.3 is 16.2 Å². The summed E-state index contributed by atoms with van der Waals surface area (Å²) < 4.78 is 23.7. The van der Waals surface area contributed by atoms with E-state index in [0.717, 1.165) is 18.4 Å². The molecule has 4 N–H and O–H groups in total. The second-order valence-electron chi connectivity index (χ2n) is 11.2. The van der Waals surface area contributed by atoms with Crippen LogP contribution in [0.2, 0.25) is 0 Å². The zero-order valence-electron chi connectivity index (χ0n) is 21.9. The number of β-amino-alcohol motifs (C(OH)–C–C–N with tert-alkyl or cyclic N) is 1. The van der Waals surface area contributed by atoms with Crippen LogP contribution in [0.3, 0.4) is 0 Å². The number of benzene rings is 1. The number of likely N-dealkylation sites (tertiary alicyclic amines) is 1. The predicted octanol–water partition coefficient (Wildman–Crippen LogP) is 2.04. The van der Waals surface area contributed by atoms with Crippen molar-refractivity contribution in [2.24, 2.45) is 17.6 Å². The second-order valence-corrected chi connectivity index (χ2v) is 14.1. The van der Waals surface area contributed by atoms with Crippen LogP contribution in [0.4, 0.5) is 0 Å². The van der Waals surface area contributed by atoms with Gasteiger partial charge in [0.25, 0.3) is 0 Å². The third-order valence-corrected chi connectivity index (χ3v) is 10.8. The van der Waals surface area contributed by atoms with E-state index < -0.39 is 38.7 Å². The molecule has 1 saturated heterocycles. The SMILES string of the molecule is CCS(=O)(=O)C(C)(C)CC(=O)NC(Cc1ccccc1)C(O)CN1CC2CCCCC2CC1C(N)=O. The molecule has 0 bridgehead atoms. The Labute approximate surface area is 215 Å². The highest BCUT2D eigenvalue weighted by atomic mass is 32.2. The highest BCUT2D eigenvalue weighted by Gasteiger charge is 2.41. The number of piperidine rings is 1. The van der Waals surface area contributed by atoms with Crippen molar-refractivity contribution in [3.8, 4) is 0 Å². The van der Waals surface area contributed by atoms with Crippen molar-refractivity contribution in [1.82, 2.24) is 10.2 Å². The Balaban J connectivity index is 1.76. The molecule has 1 aromatic carbocycles. The predicted molar refractivity (Wildman–Crippen MR) is 141 cm³/mol. The Morgan fingerprint density at radius 3 is 2.42 bits per heavy atom. The van der Waals surface area contributed by atoms with Crippen molar-refractivity contribution in [1.29, 1.82) is 0 Å². The number of nitrogens with one attached hydrogen (secondary N) is 1. The zero-order chi connectivity index (χ0) is 26.5. The lowest BCUT2D eigenvalue weighted by Gasteiger charge is -2.46. The number of aliphatic hydroxyl groups excluding tert-OH is 1. The topological polar surface area (TPSA) is 130 Å². The van der Waals surface area contributed by atoms with Gasteiger partial charge in [-0.05, 0) is 50.5 Å². The quantitative estimate of drug-likeness (QED) is 0.409. The van der Waals surface area contributed by atoms with Gasteiger partial charge in [-0.1, -0.05) is 56.5 Å². The van der Waals surface area contributed by atoms with E-state index in [1.54, 1.807) is 20.8 Å². The fourth-order valence-electron chi connectivity index (χ4n) is 5.86. The molecule has 8 nitrogen and oxygen atoms in total. The van der Waals surface area contributed by atoms with E-state index in [-0.39, 0.29) is 24.6 Å². The first-order valence-electron chi connectivity index (χ1n) is 13.2. The number of nitrogens with zero attached hydrogens (tertiary/aromatic N) is 1. The van der Waals surface area contributed by atoms with Crippen molar-refractivity contribution < 1.29 is 23.1 Å². The molecular formula is C27H43N3O5S. The molecule has 2 fully saturated rings. The van der Waals surface area contributed by atoms with Crippen LogP contribution in [0.25, 0.3) is 0 Å². The molecular weight excluding hydrogens is 478 g/mol. The number of hydrogen-bond acceptors (Lipinski definition) is 6. The number of hydrogen-bond donors (Lipinski definition) is 3. The van der Waals surface area contributed by atoms with E-state index in [2.05, 4.69) is 5.32 Å². The minimum absolute atomic E-state index is 0.0467. The summed E-state index contributed by atoms with van der Waals surface area (Å²) in [5, 5.41) is 14.3. The molecule has 5 unspecified atom stereocenters. The molecule has 36 heavy (non-hydrogen) atoms. The van der Waals surface area contributed by atoms with E-state index in [1.807, 2.05) is 35.2 Å². The molecule has 1 saturated carbocycles. The number of amides is 2. The van der Waals surface area contributed by atoms with E-state index in [4.69, 9.17) is 5.73 Å². The van der Waals surface area contributed by atoms with E-state index >= 15 is 0 Å². The first kappa shape index (κ1) is 28.6. The lowest BCUT2D eigenvalue weighted by molar-refractivity contribution is -0.129. The van der Waals surface area contributed by atoms with Crippen molar-refractivity contribution >= 4 is 21.7 Å². The number of nitrogens with two attached hydrogens (primary N) is 1. The maximum atomic E-state index is 13.0. The minimum atomic E-state index is -3.44. The van der Waals surface area contributed by atoms with Crippen molar-refractivity contribution in [3.05, 3.63) is 35.9 Å². The summed E-state index contributed by atoms with van der Waals surface area (Å²) in [4.78, 5) is 27.3. The molecule has 1 aromatic rings. The van der Waals surface area contributed by atoms with Crippen molar-refractivity contribution in [2.45, 2.75) is 88.7 Å². The smallest absolute Gasteiger partial charge is 0.234 e. The number of aliphatic hydroxyl groups is 1. The van der Waals surface area contributed by atoms with Crippen LogP contribution in [-0.2, 0) is 25.8 Å². The van der Waals surface area contributed by atoms with Gasteiger partial charge in [0.2, 0.25) is 11.8 Å². The molecule has 2 amide bonds. The number of carbonyl (C=O) groups is 2. The normalized spacial score (nSPS) is 24.9. The maximum absolute atomic E-state index is 13.0. The molecule has 0 radical (unpaired) electrons. The maximum Gasteiger partial charge on any atom is 0.234 e. The molecule has 9 heteroatoms. The van der Waals surface area contributed by atoms with Crippen LogP contribution in [0.15, 0.2) is 30.3 Å². The number of primary amides is 1. The van der Waals surface area contributed by atoms with Gasteiger partial charge in [-0.3, -0.25) is 14.5 Å². The van der Waals surface area contributed by atoms with E-state index in [1.165, 1.54) is 12.8 Å². The largest absolute Gasteiger partial charge is 0.390 e. The number of sulfone groups is 1. The fraction of sp³-hybridized carbons (Fsp3) is 0.704. The van der Waals surface area contributed by atoms with Gasteiger partial charge in [0.1, 0.15) is 0 Å². The van der Waals surface area contributed by atoms with Crippen LogP contribution < -0.4 is 11.1 Å². The Bertz CT molecular complexity index is 998. The van der Waals surface area contributed by atoms with Crippen LogP contribution in [0.1, 0.15) is 64.9 Å². The van der Waals surface area contributed by atoms with Gasteiger partial charge in [-0.15, -0.1) is 0 Å². The average molecular weight is 522 g/mol. The standard InChI is InChI=1S/C27H43N3O5S/c1-4-36(34,35)27(2,3)16-25(32)29-22(14-19-10-6-5-7-11-19)24(31)18-30-17-21-13-9-8-12-20(21)15-23(30)26(28)33/h5-7,10-11,20-24,31H,4,8-9,12-18H2,1-3H3,(H2,28,33)(H,29,32). The Morgan fingerprint density at radius 2 is 1.81 bits per heavy atom. The average Bonchev–Trinajstić information content (AvgIpc) is 2.83. The van der Waals surface area contributed by atoms with Gasteiger partial charge in [0, 0.05) is 25.3 Å². The molecule has 1 aliphatic carbocycles.